The molecule has 1 atom stereocenters. The van der Waals surface area contributed by atoms with Crippen LogP contribution < -0.4 is 5.73 Å². The minimum absolute atomic E-state index is 0.391. The SMILES string of the molecule is CCC1CN(CC2(CN)CCC(C)CC2)CCO1. The number of morpholine rings is 1. The average Bonchev–Trinajstić information content (AvgIpc) is 2.42. The second-order valence-electron chi connectivity index (χ2n) is 6.52. The maximum absolute atomic E-state index is 6.11. The van der Waals surface area contributed by atoms with Gasteiger partial charge in [-0.05, 0) is 37.1 Å². The van der Waals surface area contributed by atoms with Gasteiger partial charge in [-0.1, -0.05) is 26.7 Å². The van der Waals surface area contributed by atoms with Crippen molar-refractivity contribution in [3.63, 3.8) is 0 Å². The lowest BCUT2D eigenvalue weighted by molar-refractivity contribution is -0.0467. The van der Waals surface area contributed by atoms with E-state index in [1.807, 2.05) is 0 Å². The molecule has 0 radical (unpaired) electrons. The van der Waals surface area contributed by atoms with Crippen LogP contribution in [0.25, 0.3) is 0 Å². The van der Waals surface area contributed by atoms with Crippen molar-refractivity contribution in [1.82, 2.24) is 4.90 Å². The lowest BCUT2D eigenvalue weighted by atomic mass is 9.70. The second-order valence-corrected chi connectivity index (χ2v) is 6.52. The van der Waals surface area contributed by atoms with Crippen molar-refractivity contribution < 1.29 is 4.74 Å². The van der Waals surface area contributed by atoms with Gasteiger partial charge < -0.3 is 10.5 Å². The van der Waals surface area contributed by atoms with Gasteiger partial charge >= 0.3 is 0 Å². The molecule has 1 unspecified atom stereocenters. The molecule has 106 valence electrons. The van der Waals surface area contributed by atoms with E-state index in [0.717, 1.165) is 38.6 Å². The van der Waals surface area contributed by atoms with Crippen LogP contribution in [0.4, 0.5) is 0 Å². The van der Waals surface area contributed by atoms with Crippen molar-refractivity contribution in [2.45, 2.75) is 52.1 Å². The topological polar surface area (TPSA) is 38.5 Å². The molecule has 2 fully saturated rings. The van der Waals surface area contributed by atoms with Gasteiger partial charge in [-0.25, -0.2) is 0 Å². The normalized spacial score (nSPS) is 38.8. The summed E-state index contributed by atoms with van der Waals surface area (Å²) in [5.41, 5.74) is 6.50. The Labute approximate surface area is 112 Å². The van der Waals surface area contributed by atoms with Gasteiger partial charge in [-0.15, -0.1) is 0 Å². The number of hydrogen-bond acceptors (Lipinski definition) is 3. The molecule has 0 bridgehead atoms. The highest BCUT2D eigenvalue weighted by atomic mass is 16.5. The molecule has 3 heteroatoms. The quantitative estimate of drug-likeness (QED) is 0.836. The summed E-state index contributed by atoms with van der Waals surface area (Å²) in [6.07, 6.45) is 6.93. The van der Waals surface area contributed by atoms with E-state index < -0.39 is 0 Å². The summed E-state index contributed by atoms with van der Waals surface area (Å²) in [7, 11) is 0. The molecule has 0 aromatic heterocycles. The molecular formula is C15H30N2O. The molecule has 1 saturated heterocycles. The molecule has 1 aliphatic heterocycles. The molecule has 0 spiro atoms. The zero-order valence-electron chi connectivity index (χ0n) is 12.2. The van der Waals surface area contributed by atoms with Gasteiger partial charge in [0.1, 0.15) is 0 Å². The van der Waals surface area contributed by atoms with Gasteiger partial charge in [-0.2, -0.15) is 0 Å². The standard InChI is InChI=1S/C15H30N2O/c1-3-14-10-17(8-9-18-14)12-15(11-16)6-4-13(2)5-7-15/h13-14H,3-12,16H2,1-2H3. The van der Waals surface area contributed by atoms with Gasteiger partial charge in [0.15, 0.2) is 0 Å². The van der Waals surface area contributed by atoms with Crippen LogP contribution in [0.2, 0.25) is 0 Å². The third kappa shape index (κ3) is 3.46. The molecular weight excluding hydrogens is 224 g/mol. The number of nitrogens with two attached hydrogens (primary N) is 1. The van der Waals surface area contributed by atoms with Gasteiger partial charge in [0, 0.05) is 19.6 Å². The predicted molar refractivity (Wildman–Crippen MR) is 75.6 cm³/mol. The Hall–Kier alpha value is -0.120. The molecule has 2 N–H and O–H groups in total. The van der Waals surface area contributed by atoms with Crippen molar-refractivity contribution in [1.29, 1.82) is 0 Å². The second kappa shape index (κ2) is 6.36. The molecule has 0 amide bonds. The summed E-state index contributed by atoms with van der Waals surface area (Å²) >= 11 is 0. The Balaban J connectivity index is 1.89. The number of nitrogens with zero attached hydrogens (tertiary/aromatic N) is 1. The molecule has 18 heavy (non-hydrogen) atoms. The van der Waals surface area contributed by atoms with Crippen LogP contribution in [0.3, 0.4) is 0 Å². The highest BCUT2D eigenvalue weighted by molar-refractivity contribution is 4.89. The van der Waals surface area contributed by atoms with Gasteiger partial charge in [0.2, 0.25) is 0 Å². The fraction of sp³-hybridized carbons (Fsp3) is 1.00. The van der Waals surface area contributed by atoms with Gasteiger partial charge in [0.05, 0.1) is 12.7 Å². The van der Waals surface area contributed by atoms with E-state index in [4.69, 9.17) is 10.5 Å². The molecule has 3 nitrogen and oxygen atoms in total. The maximum atomic E-state index is 6.11. The lowest BCUT2D eigenvalue weighted by Crippen LogP contribution is -2.50. The maximum Gasteiger partial charge on any atom is 0.0700 e. The van der Waals surface area contributed by atoms with E-state index in [9.17, 15) is 0 Å². The fourth-order valence-electron chi connectivity index (χ4n) is 3.45. The highest BCUT2D eigenvalue weighted by Gasteiger charge is 2.35. The van der Waals surface area contributed by atoms with Crippen molar-refractivity contribution in [3.8, 4) is 0 Å². The van der Waals surface area contributed by atoms with Crippen LogP contribution >= 0.6 is 0 Å². The van der Waals surface area contributed by atoms with Crippen LogP contribution in [-0.2, 0) is 4.74 Å². The zero-order valence-corrected chi connectivity index (χ0v) is 12.2. The first-order chi connectivity index (χ1) is 8.67. The van der Waals surface area contributed by atoms with Crippen LogP contribution in [0.15, 0.2) is 0 Å². The summed E-state index contributed by atoms with van der Waals surface area (Å²) < 4.78 is 5.76. The van der Waals surface area contributed by atoms with E-state index in [1.54, 1.807) is 0 Å². The molecule has 1 aliphatic carbocycles. The van der Waals surface area contributed by atoms with Crippen molar-refractivity contribution in [2.75, 3.05) is 32.8 Å². The summed E-state index contributed by atoms with van der Waals surface area (Å²) in [5.74, 6) is 0.901. The first-order valence-corrected chi connectivity index (χ1v) is 7.71. The fourth-order valence-corrected chi connectivity index (χ4v) is 3.45. The molecule has 2 rings (SSSR count). The van der Waals surface area contributed by atoms with Gasteiger partial charge in [-0.3, -0.25) is 4.90 Å². The Morgan fingerprint density at radius 2 is 2.06 bits per heavy atom. The Morgan fingerprint density at radius 1 is 1.33 bits per heavy atom. The van der Waals surface area contributed by atoms with Crippen LogP contribution in [0.1, 0.15) is 46.0 Å². The first kappa shape index (κ1) is 14.3. The van der Waals surface area contributed by atoms with Crippen LogP contribution in [-0.4, -0.2) is 43.8 Å². The Morgan fingerprint density at radius 3 is 2.67 bits per heavy atom. The van der Waals surface area contributed by atoms with E-state index in [1.165, 1.54) is 32.2 Å². The Kier molecular flexibility index (Phi) is 5.05. The van der Waals surface area contributed by atoms with E-state index in [2.05, 4.69) is 18.7 Å². The van der Waals surface area contributed by atoms with Crippen LogP contribution in [0, 0.1) is 11.3 Å². The monoisotopic (exact) mass is 254 g/mol. The minimum atomic E-state index is 0.391. The predicted octanol–water partition coefficient (Wildman–Crippen LogP) is 2.25. The molecule has 1 saturated carbocycles. The van der Waals surface area contributed by atoms with Crippen molar-refractivity contribution in [2.24, 2.45) is 17.1 Å². The third-order valence-electron chi connectivity index (χ3n) is 5.01. The highest BCUT2D eigenvalue weighted by Crippen LogP contribution is 2.39. The first-order valence-electron chi connectivity index (χ1n) is 7.71. The smallest absolute Gasteiger partial charge is 0.0700 e. The number of hydrogen-bond donors (Lipinski definition) is 1. The third-order valence-corrected chi connectivity index (χ3v) is 5.01. The van der Waals surface area contributed by atoms with Crippen molar-refractivity contribution >= 4 is 0 Å². The molecule has 0 aromatic carbocycles. The largest absolute Gasteiger partial charge is 0.376 e. The summed E-state index contributed by atoms with van der Waals surface area (Å²) in [6.45, 7) is 9.73. The summed E-state index contributed by atoms with van der Waals surface area (Å²) in [5, 5.41) is 0. The Bertz CT molecular complexity index is 249. The summed E-state index contributed by atoms with van der Waals surface area (Å²) in [6, 6.07) is 0. The number of rotatable bonds is 4. The van der Waals surface area contributed by atoms with Gasteiger partial charge in [0.25, 0.3) is 0 Å². The lowest BCUT2D eigenvalue weighted by Gasteiger charge is -2.44. The minimum Gasteiger partial charge on any atom is -0.376 e. The molecule has 2 aliphatic rings. The average molecular weight is 254 g/mol. The number of ether oxygens (including phenoxy) is 1. The zero-order chi connectivity index (χ0) is 13.0. The van der Waals surface area contributed by atoms with Crippen molar-refractivity contribution in [3.05, 3.63) is 0 Å². The molecule has 0 aromatic rings. The van der Waals surface area contributed by atoms with E-state index >= 15 is 0 Å². The molecule has 1 heterocycles. The van der Waals surface area contributed by atoms with E-state index in [0.29, 0.717) is 11.5 Å². The van der Waals surface area contributed by atoms with E-state index in [-0.39, 0.29) is 0 Å². The van der Waals surface area contributed by atoms with Crippen LogP contribution in [0.5, 0.6) is 0 Å². The summed E-state index contributed by atoms with van der Waals surface area (Å²) in [4.78, 5) is 2.60.